The second-order valence-electron chi connectivity index (χ2n) is 26.2. The lowest BCUT2D eigenvalue weighted by molar-refractivity contribution is -0.149. The maximum atomic E-state index is 15.0. The van der Waals surface area contributed by atoms with Crippen molar-refractivity contribution in [2.45, 2.75) is 205 Å². The van der Waals surface area contributed by atoms with E-state index in [-0.39, 0.29) is 69.7 Å². The average molecular weight is 1280 g/mol. The Labute approximate surface area is 527 Å². The molecule has 1 aromatic carbocycles. The van der Waals surface area contributed by atoms with Gasteiger partial charge in [0.2, 0.25) is 65.0 Å². The zero-order chi connectivity index (χ0) is 66.6. The number of halogens is 4. The Hall–Kier alpha value is -6.53. The number of hydrogen-bond donors (Lipinski definition) is 4. The first kappa shape index (κ1) is 73.2. The van der Waals surface area contributed by atoms with Crippen LogP contribution in [-0.2, 0) is 65.3 Å². The third kappa shape index (κ3) is 19.0. The maximum absolute atomic E-state index is 15.0. The van der Waals surface area contributed by atoms with Crippen LogP contribution in [0.25, 0.3) is 0 Å². The van der Waals surface area contributed by atoms with Crippen LogP contribution in [0.2, 0.25) is 5.02 Å². The zero-order valence-corrected chi connectivity index (χ0v) is 55.1. The van der Waals surface area contributed by atoms with Gasteiger partial charge in [-0.1, -0.05) is 104 Å². The first-order chi connectivity index (χ1) is 41.6. The topological polar surface area (TPSA) is 259 Å². The van der Waals surface area contributed by atoms with Gasteiger partial charge in [-0.2, -0.15) is 13.2 Å². The van der Waals surface area contributed by atoms with Crippen LogP contribution in [0.5, 0.6) is 0 Å². The van der Waals surface area contributed by atoms with E-state index in [0.29, 0.717) is 31.2 Å². The normalized spacial score (nSPS) is 26.3. The van der Waals surface area contributed by atoms with Crippen molar-refractivity contribution >= 4 is 76.6 Å². The van der Waals surface area contributed by atoms with Gasteiger partial charge in [0, 0.05) is 61.3 Å². The lowest BCUT2D eigenvalue weighted by Crippen LogP contribution is -2.64. The summed E-state index contributed by atoms with van der Waals surface area (Å²) in [6.45, 7) is 10.9. The van der Waals surface area contributed by atoms with Crippen molar-refractivity contribution in [1.29, 1.82) is 0 Å². The number of amides is 11. The van der Waals surface area contributed by atoms with Crippen LogP contribution in [0.15, 0.2) is 18.2 Å². The fraction of sp³-hybridized carbons (Fsp3) is 0.730. The summed E-state index contributed by atoms with van der Waals surface area (Å²) in [4.78, 5) is 167. The van der Waals surface area contributed by atoms with Crippen molar-refractivity contribution in [3.63, 3.8) is 0 Å². The lowest BCUT2D eigenvalue weighted by Gasteiger charge is -2.39. The van der Waals surface area contributed by atoms with Gasteiger partial charge >= 0.3 is 6.18 Å². The van der Waals surface area contributed by atoms with Crippen LogP contribution in [0, 0.1) is 23.7 Å². The van der Waals surface area contributed by atoms with Crippen molar-refractivity contribution in [3.8, 4) is 0 Å². The highest BCUT2D eigenvalue weighted by molar-refractivity contribution is 6.31. The Morgan fingerprint density at radius 3 is 1.85 bits per heavy atom. The maximum Gasteiger partial charge on any atom is 0.417 e. The Morgan fingerprint density at radius 1 is 0.663 bits per heavy atom. The molecule has 0 bridgehead atoms. The van der Waals surface area contributed by atoms with E-state index in [2.05, 4.69) is 21.3 Å². The van der Waals surface area contributed by atoms with Crippen LogP contribution in [-0.4, -0.2) is 216 Å². The molecule has 1 aromatic rings. The molecule has 498 valence electrons. The van der Waals surface area contributed by atoms with Gasteiger partial charge in [0.1, 0.15) is 41.8 Å². The lowest BCUT2D eigenvalue weighted by atomic mass is 9.92. The minimum atomic E-state index is -4.74. The molecule has 2 saturated carbocycles. The second-order valence-corrected chi connectivity index (χ2v) is 26.6. The molecule has 2 aliphatic carbocycles. The zero-order valence-electron chi connectivity index (χ0n) is 54.4. The molecule has 4 aliphatic rings. The van der Waals surface area contributed by atoms with Crippen LogP contribution in [0.1, 0.15) is 156 Å². The van der Waals surface area contributed by atoms with Crippen molar-refractivity contribution in [2.75, 3.05) is 68.5 Å². The third-order valence-corrected chi connectivity index (χ3v) is 18.7. The molecular formula is C63H97ClF3N11O11. The van der Waals surface area contributed by atoms with Crippen molar-refractivity contribution in [3.05, 3.63) is 34.3 Å². The Bertz CT molecular complexity index is 2740. The number of hydrogen-bond acceptors (Lipinski definition) is 11. The number of benzene rings is 1. The van der Waals surface area contributed by atoms with E-state index in [4.69, 9.17) is 11.6 Å². The fourth-order valence-electron chi connectivity index (χ4n) is 12.9. The van der Waals surface area contributed by atoms with Gasteiger partial charge in [-0.15, -0.1) is 0 Å². The summed E-state index contributed by atoms with van der Waals surface area (Å²) in [5.74, 6) is -7.81. The number of carbonyl (C=O) groups excluding carboxylic acids is 11. The van der Waals surface area contributed by atoms with E-state index in [1.54, 1.807) is 27.7 Å². The summed E-state index contributed by atoms with van der Waals surface area (Å²) in [5, 5.41) is 10.9. The Morgan fingerprint density at radius 2 is 1.27 bits per heavy atom. The fourth-order valence-corrected chi connectivity index (χ4v) is 13.2. The molecule has 11 amide bonds. The molecular weight excluding hydrogens is 1180 g/mol. The number of alkyl halides is 3. The van der Waals surface area contributed by atoms with Gasteiger partial charge in [-0.05, 0) is 99.7 Å². The van der Waals surface area contributed by atoms with Crippen LogP contribution < -0.4 is 21.3 Å². The SMILES string of the molecule is CC[C@H](C)[C@@H]1NC(=O)[C@H](CC(C)C)N(C)C(=O)C[C@@H](C)NC(=O)[C@H](C(C)C)N(C)C(=O)C2(CCCC2)NC(=O)[C@@H]2CCCN2C(=O)[C@H](CCc2ccc(C(F)(F)F)c(Cl)c2)NC(=O)CN(C)C(=O)[C@H](CC2CCCC2)N(C)C(=O)CN(C)C(=O)CN(C)C1=O. The standard InChI is InChI=1S/C63H97ClF3N11O11/c1-14-39(6)53-60(88)74(10)35-51(81)72(8)36-52(82)76(12)48(33-41-20-15-16-21-41)59(87)73(9)34-49(79)69-45(26-24-42-23-25-43(44(64)32-42)63(65,66)67)58(86)78-29-19-22-46(78)56(84)71-62(27-17-18-28-62)61(89)77(13)54(38(4)5)57(85)68-40(7)31-50(80)75(11)47(30-37(2)3)55(83)70-53/h23,25,32,37-41,45-48,53-54H,14-22,24,26-31,33-36H2,1-13H3,(H,68,85)(H,69,79)(H,70,83)(H,71,84)/t39-,40+,45-,46-,47-,48-,53-,54-/m0/s1. The molecule has 2 heterocycles. The quantitative estimate of drug-likeness (QED) is 0.248. The number of fused-ring (bicyclic) bond motifs is 1. The van der Waals surface area contributed by atoms with Gasteiger partial charge in [0.25, 0.3) is 0 Å². The van der Waals surface area contributed by atoms with E-state index in [0.717, 1.165) is 52.5 Å². The van der Waals surface area contributed by atoms with Gasteiger partial charge in [-0.25, -0.2) is 0 Å². The molecule has 89 heavy (non-hydrogen) atoms. The highest BCUT2D eigenvalue weighted by Gasteiger charge is 2.50. The van der Waals surface area contributed by atoms with Gasteiger partial charge < -0.3 is 55.6 Å². The molecule has 1 spiro atoms. The van der Waals surface area contributed by atoms with Crippen LogP contribution in [0.3, 0.4) is 0 Å². The van der Waals surface area contributed by atoms with E-state index in [1.807, 2.05) is 20.8 Å². The summed E-state index contributed by atoms with van der Waals surface area (Å²) in [5.41, 5.74) is -2.25. The molecule has 0 radical (unpaired) electrons. The van der Waals surface area contributed by atoms with Crippen LogP contribution >= 0.6 is 11.6 Å². The molecule has 2 aliphatic heterocycles. The van der Waals surface area contributed by atoms with Gasteiger partial charge in [0.15, 0.2) is 0 Å². The molecule has 0 aromatic heterocycles. The van der Waals surface area contributed by atoms with E-state index in [1.165, 1.54) is 68.0 Å². The molecule has 26 heteroatoms. The van der Waals surface area contributed by atoms with Gasteiger partial charge in [0.05, 0.1) is 30.2 Å². The summed E-state index contributed by atoms with van der Waals surface area (Å²) in [7, 11) is 8.52. The summed E-state index contributed by atoms with van der Waals surface area (Å²) < 4.78 is 41.2. The van der Waals surface area contributed by atoms with E-state index < -0.39 is 161 Å². The highest BCUT2D eigenvalue weighted by atomic mass is 35.5. The minimum Gasteiger partial charge on any atom is -0.351 e. The van der Waals surface area contributed by atoms with Crippen molar-refractivity contribution < 1.29 is 65.9 Å². The third-order valence-electron chi connectivity index (χ3n) is 18.4. The molecule has 2 saturated heterocycles. The summed E-state index contributed by atoms with van der Waals surface area (Å²) in [6.07, 6.45) is 1.06. The molecule has 22 nitrogen and oxygen atoms in total. The molecule has 4 fully saturated rings. The molecule has 4 N–H and O–H groups in total. The number of likely N-dealkylation sites (N-methyl/N-ethyl adjacent to an activating group) is 6. The Kier molecular flexibility index (Phi) is 26.3. The first-order valence-corrected chi connectivity index (χ1v) is 31.9. The predicted octanol–water partition coefficient (Wildman–Crippen LogP) is 4.77. The first-order valence-electron chi connectivity index (χ1n) is 31.5. The van der Waals surface area contributed by atoms with E-state index in [9.17, 15) is 65.9 Å². The predicted molar refractivity (Wildman–Crippen MR) is 328 cm³/mol. The Balaban J connectivity index is 1.54. The van der Waals surface area contributed by atoms with Crippen molar-refractivity contribution in [1.82, 2.24) is 55.6 Å². The summed E-state index contributed by atoms with van der Waals surface area (Å²) in [6, 6.07) is -4.58. The number of nitrogens with zero attached hydrogens (tertiary/aromatic N) is 7. The molecule has 5 rings (SSSR count). The number of rotatable bonds is 10. The largest absolute Gasteiger partial charge is 0.417 e. The number of carbonyl (C=O) groups is 11. The number of nitrogens with one attached hydrogen (secondary N) is 4. The highest BCUT2D eigenvalue weighted by Crippen LogP contribution is 2.37. The molecule has 8 atom stereocenters. The monoisotopic (exact) mass is 1280 g/mol. The smallest absolute Gasteiger partial charge is 0.351 e. The van der Waals surface area contributed by atoms with E-state index >= 15 is 0 Å². The van der Waals surface area contributed by atoms with Crippen LogP contribution in [0.4, 0.5) is 13.2 Å². The summed E-state index contributed by atoms with van der Waals surface area (Å²) >= 11 is 6.10. The second kappa shape index (κ2) is 32.0. The van der Waals surface area contributed by atoms with Gasteiger partial charge in [-0.3, -0.25) is 52.7 Å². The average Bonchev–Trinajstić information content (AvgIpc) is 1.86. The van der Waals surface area contributed by atoms with Crippen molar-refractivity contribution in [2.24, 2.45) is 23.7 Å². The minimum absolute atomic E-state index is 0.0443. The molecule has 0 unspecified atom stereocenters. The number of aryl methyl sites for hydroxylation is 1.